The summed E-state index contributed by atoms with van der Waals surface area (Å²) in [6.07, 6.45) is 4.38. The van der Waals surface area contributed by atoms with Gasteiger partial charge >= 0.3 is 0 Å². The molecule has 8 nitrogen and oxygen atoms in total. The number of amides is 1. The second-order valence-corrected chi connectivity index (χ2v) is 9.48. The Kier molecular flexibility index (Phi) is 8.39. The maximum absolute atomic E-state index is 12.7. The average Bonchev–Trinajstić information content (AvgIpc) is 2.75. The van der Waals surface area contributed by atoms with Crippen LogP contribution in [0.15, 0.2) is 53.7 Å². The molecule has 1 aromatic heterocycles. The summed E-state index contributed by atoms with van der Waals surface area (Å²) in [4.78, 5) is 16.0. The molecule has 0 spiro atoms. The Morgan fingerprint density at radius 2 is 1.94 bits per heavy atom. The molecule has 2 heterocycles. The van der Waals surface area contributed by atoms with Crippen LogP contribution in [0.2, 0.25) is 5.02 Å². The summed E-state index contributed by atoms with van der Waals surface area (Å²) >= 11 is 6.02. The number of aromatic nitrogens is 1. The number of pyridine rings is 1. The Labute approximate surface area is 187 Å². The van der Waals surface area contributed by atoms with Crippen molar-refractivity contribution < 1.29 is 23.1 Å². The molecule has 0 radical (unpaired) electrons. The fourth-order valence-electron chi connectivity index (χ4n) is 3.53. The highest BCUT2D eigenvalue weighted by atomic mass is 35.5. The SMILES string of the molecule is O=C(Cc1ccncc1)NCC[C@@H]1CC[C@@H](NS(=O)(=O)c2ccccc2Cl)[C@@H](CO)O1. The van der Waals surface area contributed by atoms with Crippen LogP contribution in [0.1, 0.15) is 24.8 Å². The molecular formula is C21H26ClN3O5S. The van der Waals surface area contributed by atoms with Crippen LogP contribution < -0.4 is 10.0 Å². The van der Waals surface area contributed by atoms with E-state index in [-0.39, 0.29) is 35.0 Å². The molecule has 168 valence electrons. The summed E-state index contributed by atoms with van der Waals surface area (Å²) < 4.78 is 33.8. The Morgan fingerprint density at radius 3 is 2.65 bits per heavy atom. The number of rotatable bonds is 9. The highest BCUT2D eigenvalue weighted by Crippen LogP contribution is 2.25. The van der Waals surface area contributed by atoms with Crippen molar-refractivity contribution in [3.05, 3.63) is 59.4 Å². The van der Waals surface area contributed by atoms with Gasteiger partial charge in [0.2, 0.25) is 15.9 Å². The second kappa shape index (κ2) is 11.0. The van der Waals surface area contributed by atoms with Gasteiger partial charge in [0.15, 0.2) is 0 Å². The quantitative estimate of drug-likeness (QED) is 0.516. The molecule has 0 saturated carbocycles. The van der Waals surface area contributed by atoms with Crippen LogP contribution in [-0.2, 0) is 26.0 Å². The third-order valence-corrected chi connectivity index (χ3v) is 7.12. The number of hydrogen-bond acceptors (Lipinski definition) is 6. The summed E-state index contributed by atoms with van der Waals surface area (Å²) in [5.74, 6) is -0.0916. The Morgan fingerprint density at radius 1 is 1.19 bits per heavy atom. The summed E-state index contributed by atoms with van der Waals surface area (Å²) in [6.45, 7) is 0.114. The smallest absolute Gasteiger partial charge is 0.242 e. The molecule has 3 atom stereocenters. The Bertz CT molecular complexity index is 974. The minimum atomic E-state index is -3.84. The second-order valence-electron chi connectivity index (χ2n) is 7.39. The lowest BCUT2D eigenvalue weighted by molar-refractivity contribution is -0.121. The lowest BCUT2D eigenvalue weighted by Gasteiger charge is -2.36. The number of halogens is 1. The zero-order chi connectivity index (χ0) is 22.3. The Balaban J connectivity index is 1.48. The fraction of sp³-hybridized carbons (Fsp3) is 0.429. The van der Waals surface area contributed by atoms with Crippen molar-refractivity contribution in [2.75, 3.05) is 13.2 Å². The van der Waals surface area contributed by atoms with Gasteiger partial charge in [-0.3, -0.25) is 9.78 Å². The lowest BCUT2D eigenvalue weighted by Crippen LogP contribution is -2.51. The summed E-state index contributed by atoms with van der Waals surface area (Å²) in [7, 11) is -3.84. The molecule has 1 fully saturated rings. The maximum atomic E-state index is 12.7. The van der Waals surface area contributed by atoms with Gasteiger partial charge in [0, 0.05) is 18.9 Å². The van der Waals surface area contributed by atoms with Crippen LogP contribution in [0.25, 0.3) is 0 Å². The first-order valence-corrected chi connectivity index (χ1v) is 11.9. The van der Waals surface area contributed by atoms with Gasteiger partial charge in [0.05, 0.1) is 36.3 Å². The van der Waals surface area contributed by atoms with Crippen molar-refractivity contribution >= 4 is 27.5 Å². The predicted molar refractivity (Wildman–Crippen MR) is 116 cm³/mol. The summed E-state index contributed by atoms with van der Waals surface area (Å²) in [5.41, 5.74) is 0.885. The van der Waals surface area contributed by atoms with E-state index in [1.807, 2.05) is 0 Å². The van der Waals surface area contributed by atoms with Gasteiger partial charge in [-0.1, -0.05) is 23.7 Å². The van der Waals surface area contributed by atoms with Crippen molar-refractivity contribution in [2.45, 2.75) is 48.8 Å². The maximum Gasteiger partial charge on any atom is 0.242 e. The molecule has 1 aromatic carbocycles. The molecule has 1 aliphatic rings. The van der Waals surface area contributed by atoms with Gasteiger partial charge in [-0.2, -0.15) is 0 Å². The van der Waals surface area contributed by atoms with Gasteiger partial charge in [-0.25, -0.2) is 13.1 Å². The number of benzene rings is 1. The van der Waals surface area contributed by atoms with Crippen LogP contribution >= 0.6 is 11.6 Å². The number of carbonyl (C=O) groups is 1. The van der Waals surface area contributed by atoms with Crippen LogP contribution in [0.4, 0.5) is 0 Å². The molecular weight excluding hydrogens is 442 g/mol. The standard InChI is InChI=1S/C21H26ClN3O5S/c22-17-3-1-2-4-20(17)31(28,29)25-18-6-5-16(30-19(18)14-26)9-12-24-21(27)13-15-7-10-23-11-8-15/h1-4,7-8,10-11,16,18-19,25-26H,5-6,9,12-14H2,(H,24,27)/t16-,18+,19+/m0/s1. The number of ether oxygens (including phenoxy) is 1. The van der Waals surface area contributed by atoms with Crippen LogP contribution in [-0.4, -0.2) is 55.8 Å². The molecule has 3 N–H and O–H groups in total. The number of nitrogens with zero attached hydrogens (tertiary/aromatic N) is 1. The van der Waals surface area contributed by atoms with Gasteiger partial charge in [-0.15, -0.1) is 0 Å². The molecule has 31 heavy (non-hydrogen) atoms. The van der Waals surface area contributed by atoms with Crippen molar-refractivity contribution in [2.24, 2.45) is 0 Å². The first-order chi connectivity index (χ1) is 14.9. The van der Waals surface area contributed by atoms with Crippen molar-refractivity contribution in [1.82, 2.24) is 15.0 Å². The fourth-order valence-corrected chi connectivity index (χ4v) is 5.34. The molecule has 1 saturated heterocycles. The van der Waals surface area contributed by atoms with Gasteiger partial charge < -0.3 is 15.2 Å². The van der Waals surface area contributed by atoms with Crippen LogP contribution in [0, 0.1) is 0 Å². The number of aliphatic hydroxyl groups excluding tert-OH is 1. The summed E-state index contributed by atoms with van der Waals surface area (Å²) in [6, 6.07) is 9.21. The topological polar surface area (TPSA) is 118 Å². The lowest BCUT2D eigenvalue weighted by atomic mass is 9.98. The molecule has 3 rings (SSSR count). The number of nitrogens with one attached hydrogen (secondary N) is 2. The van der Waals surface area contributed by atoms with E-state index in [1.54, 1.807) is 36.7 Å². The van der Waals surface area contributed by atoms with E-state index >= 15 is 0 Å². The largest absolute Gasteiger partial charge is 0.394 e. The zero-order valence-corrected chi connectivity index (χ0v) is 18.5. The van der Waals surface area contributed by atoms with E-state index in [0.717, 1.165) is 5.56 Å². The van der Waals surface area contributed by atoms with E-state index in [0.29, 0.717) is 25.8 Å². The van der Waals surface area contributed by atoms with E-state index < -0.39 is 22.2 Å². The van der Waals surface area contributed by atoms with Gasteiger partial charge in [0.25, 0.3) is 0 Å². The molecule has 10 heteroatoms. The zero-order valence-electron chi connectivity index (χ0n) is 16.9. The first-order valence-electron chi connectivity index (χ1n) is 10.1. The first kappa shape index (κ1) is 23.6. The minimum Gasteiger partial charge on any atom is -0.394 e. The van der Waals surface area contributed by atoms with Crippen molar-refractivity contribution in [1.29, 1.82) is 0 Å². The van der Waals surface area contributed by atoms with Crippen molar-refractivity contribution in [3.8, 4) is 0 Å². The number of hydrogen-bond donors (Lipinski definition) is 3. The number of carbonyl (C=O) groups excluding carboxylic acids is 1. The normalized spacial score (nSPS) is 21.5. The van der Waals surface area contributed by atoms with E-state index in [4.69, 9.17) is 16.3 Å². The van der Waals surface area contributed by atoms with Crippen molar-refractivity contribution in [3.63, 3.8) is 0 Å². The van der Waals surface area contributed by atoms with Gasteiger partial charge in [-0.05, 0) is 49.1 Å². The molecule has 1 aliphatic heterocycles. The molecule has 0 unspecified atom stereocenters. The predicted octanol–water partition coefficient (Wildman–Crippen LogP) is 1.67. The monoisotopic (exact) mass is 467 g/mol. The highest BCUT2D eigenvalue weighted by molar-refractivity contribution is 7.89. The van der Waals surface area contributed by atoms with Crippen LogP contribution in [0.3, 0.4) is 0 Å². The Hall–Kier alpha value is -2.04. The number of aliphatic hydroxyl groups is 1. The van der Waals surface area contributed by atoms with E-state index in [1.165, 1.54) is 12.1 Å². The van der Waals surface area contributed by atoms with E-state index in [9.17, 15) is 18.3 Å². The molecule has 0 aliphatic carbocycles. The third kappa shape index (κ3) is 6.72. The van der Waals surface area contributed by atoms with E-state index in [2.05, 4.69) is 15.0 Å². The molecule has 1 amide bonds. The molecule has 0 bridgehead atoms. The van der Waals surface area contributed by atoms with Gasteiger partial charge in [0.1, 0.15) is 4.90 Å². The minimum absolute atomic E-state index is 0.00705. The summed E-state index contributed by atoms with van der Waals surface area (Å²) in [5, 5.41) is 12.7. The van der Waals surface area contributed by atoms with Crippen LogP contribution in [0.5, 0.6) is 0 Å². The average molecular weight is 468 g/mol. The number of sulfonamides is 1. The third-order valence-electron chi connectivity index (χ3n) is 5.13. The highest BCUT2D eigenvalue weighted by Gasteiger charge is 2.34. The molecule has 2 aromatic rings.